The molecule has 1 heterocycles. The summed E-state index contributed by atoms with van der Waals surface area (Å²) in [6, 6.07) is 2.62. The van der Waals surface area contributed by atoms with Gasteiger partial charge in [-0.3, -0.25) is 4.79 Å². The Bertz CT molecular complexity index is 399. The number of carbonyl (C=O) groups is 1. The lowest BCUT2D eigenvalue weighted by Gasteiger charge is -1.89. The van der Waals surface area contributed by atoms with Crippen LogP contribution >= 0.6 is 0 Å². The molecule has 0 saturated carbocycles. The van der Waals surface area contributed by atoms with E-state index in [4.69, 9.17) is 4.42 Å². The molecule has 0 unspecified atom stereocenters. The zero-order valence-electron chi connectivity index (χ0n) is 6.70. The Morgan fingerprint density at radius 1 is 1.42 bits per heavy atom. The highest BCUT2D eigenvalue weighted by molar-refractivity contribution is 7.90. The van der Waals surface area contributed by atoms with Gasteiger partial charge in [-0.2, -0.15) is 0 Å². The quantitative estimate of drug-likeness (QED) is 0.646. The van der Waals surface area contributed by atoms with Crippen LogP contribution in [0, 0.1) is 0 Å². The summed E-state index contributed by atoms with van der Waals surface area (Å²) in [7, 11) is -3.33. The van der Waals surface area contributed by atoms with Gasteiger partial charge in [-0.15, -0.1) is 0 Å². The van der Waals surface area contributed by atoms with Gasteiger partial charge in [0.15, 0.2) is 11.5 Å². The minimum absolute atomic E-state index is 0.0652. The summed E-state index contributed by atoms with van der Waals surface area (Å²) in [6.45, 7) is 1.31. The molecule has 5 heteroatoms. The molecule has 0 amide bonds. The van der Waals surface area contributed by atoms with Crippen molar-refractivity contribution in [3.05, 3.63) is 17.9 Å². The molecular formula is C7H8O4S. The van der Waals surface area contributed by atoms with Crippen LogP contribution in [0.2, 0.25) is 0 Å². The van der Waals surface area contributed by atoms with Crippen LogP contribution < -0.4 is 0 Å². The highest BCUT2D eigenvalue weighted by Gasteiger charge is 2.13. The van der Waals surface area contributed by atoms with Crippen LogP contribution in [0.1, 0.15) is 17.5 Å². The van der Waals surface area contributed by atoms with Crippen LogP contribution in [0.5, 0.6) is 0 Å². The molecule has 66 valence electrons. The van der Waals surface area contributed by atoms with Crippen molar-refractivity contribution in [2.75, 3.05) is 6.26 Å². The Kier molecular flexibility index (Phi) is 2.06. The second kappa shape index (κ2) is 2.75. The molecule has 0 aliphatic rings. The molecule has 4 nitrogen and oxygen atoms in total. The van der Waals surface area contributed by atoms with Crippen molar-refractivity contribution in [3.8, 4) is 0 Å². The Balaban J connectivity index is 3.17. The third-order valence-electron chi connectivity index (χ3n) is 1.29. The number of sulfone groups is 1. The summed E-state index contributed by atoms with van der Waals surface area (Å²) in [4.78, 5) is 10.7. The first-order valence-electron chi connectivity index (χ1n) is 3.22. The number of furan rings is 1. The standard InChI is InChI=1S/C7H8O4S/c1-5(8)6-3-4-7(11-6)12(2,9)10/h3-4H,1-2H3. The lowest BCUT2D eigenvalue weighted by Crippen LogP contribution is -1.94. The average molecular weight is 188 g/mol. The lowest BCUT2D eigenvalue weighted by atomic mass is 10.3. The molecule has 0 N–H and O–H groups in total. The minimum atomic E-state index is -3.33. The number of rotatable bonds is 2. The molecule has 0 fully saturated rings. The van der Waals surface area contributed by atoms with Crippen molar-refractivity contribution < 1.29 is 17.6 Å². The maximum Gasteiger partial charge on any atom is 0.218 e. The van der Waals surface area contributed by atoms with Crippen molar-refractivity contribution >= 4 is 15.6 Å². The molecule has 1 aromatic rings. The molecule has 0 spiro atoms. The van der Waals surface area contributed by atoms with Gasteiger partial charge in [0.2, 0.25) is 14.9 Å². The number of ketones is 1. The summed E-state index contributed by atoms with van der Waals surface area (Å²) in [5.41, 5.74) is 0. The van der Waals surface area contributed by atoms with E-state index in [1.54, 1.807) is 0 Å². The minimum Gasteiger partial charge on any atom is -0.442 e. The van der Waals surface area contributed by atoms with E-state index in [0.717, 1.165) is 6.26 Å². The van der Waals surface area contributed by atoms with Crippen LogP contribution in [0.4, 0.5) is 0 Å². The normalized spacial score (nSPS) is 11.5. The molecule has 0 aromatic carbocycles. The second-order valence-electron chi connectivity index (χ2n) is 2.45. The molecule has 0 radical (unpaired) electrons. The van der Waals surface area contributed by atoms with Gasteiger partial charge >= 0.3 is 0 Å². The topological polar surface area (TPSA) is 64.3 Å². The van der Waals surface area contributed by atoms with Crippen LogP contribution in [-0.2, 0) is 9.84 Å². The van der Waals surface area contributed by atoms with E-state index in [1.165, 1.54) is 19.1 Å². The third-order valence-corrected chi connectivity index (χ3v) is 2.24. The fourth-order valence-corrected chi connectivity index (χ4v) is 1.27. The van der Waals surface area contributed by atoms with Crippen LogP contribution in [0.15, 0.2) is 21.6 Å². The van der Waals surface area contributed by atoms with Crippen LogP contribution in [-0.4, -0.2) is 20.5 Å². The van der Waals surface area contributed by atoms with E-state index < -0.39 is 9.84 Å². The monoisotopic (exact) mass is 188 g/mol. The Morgan fingerprint density at radius 2 is 2.00 bits per heavy atom. The summed E-state index contributed by atoms with van der Waals surface area (Å²) in [5.74, 6) is -0.222. The van der Waals surface area contributed by atoms with Gasteiger partial charge in [-0.1, -0.05) is 0 Å². The van der Waals surface area contributed by atoms with Gasteiger partial charge in [0.1, 0.15) is 0 Å². The maximum absolute atomic E-state index is 10.9. The smallest absolute Gasteiger partial charge is 0.218 e. The molecule has 0 aliphatic heterocycles. The summed E-state index contributed by atoms with van der Waals surface area (Å²) in [5, 5.41) is -0.173. The van der Waals surface area contributed by atoms with Crippen molar-refractivity contribution in [1.82, 2.24) is 0 Å². The van der Waals surface area contributed by atoms with Gasteiger partial charge in [0.05, 0.1) is 0 Å². The van der Waals surface area contributed by atoms with E-state index in [-0.39, 0.29) is 16.6 Å². The lowest BCUT2D eigenvalue weighted by molar-refractivity contribution is 0.0982. The summed E-state index contributed by atoms with van der Waals surface area (Å²) in [6.07, 6.45) is 1.02. The van der Waals surface area contributed by atoms with Crippen LogP contribution in [0.25, 0.3) is 0 Å². The van der Waals surface area contributed by atoms with Gasteiger partial charge < -0.3 is 4.42 Å². The van der Waals surface area contributed by atoms with E-state index in [1.807, 2.05) is 0 Å². The van der Waals surface area contributed by atoms with Crippen LogP contribution in [0.3, 0.4) is 0 Å². The van der Waals surface area contributed by atoms with E-state index in [9.17, 15) is 13.2 Å². The number of Topliss-reactive ketones (excluding diaryl/α,β-unsaturated/α-hetero) is 1. The van der Waals surface area contributed by atoms with E-state index in [0.29, 0.717) is 0 Å². The molecule has 1 rings (SSSR count). The first-order valence-corrected chi connectivity index (χ1v) is 5.11. The molecule has 1 aromatic heterocycles. The van der Waals surface area contributed by atoms with Crippen molar-refractivity contribution in [2.24, 2.45) is 0 Å². The number of carbonyl (C=O) groups excluding carboxylic acids is 1. The van der Waals surface area contributed by atoms with E-state index >= 15 is 0 Å². The summed E-state index contributed by atoms with van der Waals surface area (Å²) >= 11 is 0. The number of hydrogen-bond acceptors (Lipinski definition) is 4. The average Bonchev–Trinajstić information content (AvgIpc) is 2.30. The molecule has 0 aliphatic carbocycles. The zero-order valence-corrected chi connectivity index (χ0v) is 7.51. The fourth-order valence-electron chi connectivity index (χ4n) is 0.709. The highest BCUT2D eigenvalue weighted by atomic mass is 32.2. The predicted octanol–water partition coefficient (Wildman–Crippen LogP) is 0.886. The summed E-state index contributed by atoms with van der Waals surface area (Å²) < 4.78 is 26.5. The Labute approximate surface area is 70.1 Å². The third kappa shape index (κ3) is 1.73. The van der Waals surface area contributed by atoms with Gasteiger partial charge in [0, 0.05) is 13.2 Å². The van der Waals surface area contributed by atoms with Crippen molar-refractivity contribution in [1.29, 1.82) is 0 Å². The highest BCUT2D eigenvalue weighted by Crippen LogP contribution is 2.13. The van der Waals surface area contributed by atoms with Gasteiger partial charge in [0.25, 0.3) is 0 Å². The molecule has 12 heavy (non-hydrogen) atoms. The fraction of sp³-hybridized carbons (Fsp3) is 0.286. The zero-order chi connectivity index (χ0) is 9.35. The van der Waals surface area contributed by atoms with E-state index in [2.05, 4.69) is 0 Å². The maximum atomic E-state index is 10.9. The van der Waals surface area contributed by atoms with Crippen molar-refractivity contribution in [2.45, 2.75) is 12.0 Å². The Morgan fingerprint density at radius 3 is 2.25 bits per heavy atom. The largest absolute Gasteiger partial charge is 0.442 e. The van der Waals surface area contributed by atoms with Crippen molar-refractivity contribution in [3.63, 3.8) is 0 Å². The molecule has 0 bridgehead atoms. The predicted molar refractivity (Wildman–Crippen MR) is 41.8 cm³/mol. The first kappa shape index (κ1) is 8.99. The Hall–Kier alpha value is -1.10. The SMILES string of the molecule is CC(=O)c1ccc(S(C)(=O)=O)o1. The first-order chi connectivity index (χ1) is 5.41. The molecule has 0 atom stereocenters. The van der Waals surface area contributed by atoms with Gasteiger partial charge in [-0.05, 0) is 12.1 Å². The molecule has 0 saturated heterocycles. The van der Waals surface area contributed by atoms with Gasteiger partial charge in [-0.25, -0.2) is 8.42 Å². The molecular weight excluding hydrogens is 180 g/mol. The number of hydrogen-bond donors (Lipinski definition) is 0. The second-order valence-corrected chi connectivity index (χ2v) is 4.39.